The highest BCUT2D eigenvalue weighted by molar-refractivity contribution is 6.00. The quantitative estimate of drug-likeness (QED) is 0.304. The van der Waals surface area contributed by atoms with Gasteiger partial charge in [0.25, 0.3) is 0 Å². The zero-order valence-corrected chi connectivity index (χ0v) is 11.7. The molecule has 4 aliphatic rings. The molecule has 4 saturated carbocycles. The van der Waals surface area contributed by atoms with Gasteiger partial charge in [0.2, 0.25) is 11.8 Å². The summed E-state index contributed by atoms with van der Waals surface area (Å²) in [7, 11) is 0. The monoisotopic (exact) mass is 279 g/mol. The summed E-state index contributed by atoms with van der Waals surface area (Å²) in [6, 6.07) is 0. The highest BCUT2D eigenvalue weighted by atomic mass is 16.4. The number of primary amides is 1. The topological polar surface area (TPSA) is 105 Å². The fraction of sp³-hybridized carbons (Fsp3) is 0.786. The first-order chi connectivity index (χ1) is 9.39. The van der Waals surface area contributed by atoms with E-state index in [-0.39, 0.29) is 17.6 Å². The zero-order valence-electron chi connectivity index (χ0n) is 11.7. The van der Waals surface area contributed by atoms with Crippen molar-refractivity contribution in [3.8, 4) is 0 Å². The van der Waals surface area contributed by atoms with Gasteiger partial charge in [-0.3, -0.25) is 9.59 Å². The molecule has 0 aliphatic heterocycles. The number of nitrogens with one attached hydrogen (secondary N) is 1. The van der Waals surface area contributed by atoms with Crippen molar-refractivity contribution in [2.24, 2.45) is 33.6 Å². The van der Waals surface area contributed by atoms with Gasteiger partial charge in [0.1, 0.15) is 5.84 Å². The van der Waals surface area contributed by atoms with Gasteiger partial charge in [0.15, 0.2) is 0 Å². The van der Waals surface area contributed by atoms with Gasteiger partial charge in [-0.25, -0.2) is 0 Å². The van der Waals surface area contributed by atoms with Crippen LogP contribution in [-0.2, 0) is 9.59 Å². The normalized spacial score (nSPS) is 42.5. The van der Waals surface area contributed by atoms with Crippen LogP contribution in [0, 0.1) is 22.7 Å². The number of hydrogen-bond donors (Lipinski definition) is 3. The minimum Gasteiger partial charge on any atom is -0.409 e. The highest BCUT2D eigenvalue weighted by Gasteiger charge is 2.62. The van der Waals surface area contributed by atoms with E-state index in [1.165, 1.54) is 0 Å². The summed E-state index contributed by atoms with van der Waals surface area (Å²) in [6.45, 7) is 1.54. The molecule has 2 atom stereocenters. The fourth-order valence-corrected chi connectivity index (χ4v) is 5.14. The molecule has 0 radical (unpaired) electrons. The Balaban J connectivity index is 1.90. The van der Waals surface area contributed by atoms with Crippen LogP contribution in [0.5, 0.6) is 0 Å². The van der Waals surface area contributed by atoms with E-state index in [0.29, 0.717) is 18.3 Å². The smallest absolute Gasteiger partial charge is 0.231 e. The second-order valence-electron chi connectivity index (χ2n) is 7.03. The third-order valence-electron chi connectivity index (χ3n) is 5.51. The van der Waals surface area contributed by atoms with Crippen LogP contribution < -0.4 is 11.1 Å². The van der Waals surface area contributed by atoms with E-state index in [1.54, 1.807) is 6.92 Å². The third kappa shape index (κ3) is 1.81. The molecule has 2 amide bonds. The Morgan fingerprint density at radius 2 is 1.75 bits per heavy atom. The SMILES string of the molecule is CC(=NO)NC(=O)C12CC3CC(CC(C(N)=O)(C3)C1)C2. The van der Waals surface area contributed by atoms with Gasteiger partial charge >= 0.3 is 0 Å². The van der Waals surface area contributed by atoms with E-state index in [9.17, 15) is 9.59 Å². The Bertz CT molecular complexity index is 486. The van der Waals surface area contributed by atoms with Gasteiger partial charge in [-0.05, 0) is 57.3 Å². The first-order valence-corrected chi connectivity index (χ1v) is 7.19. The number of nitrogens with two attached hydrogens (primary N) is 1. The number of carbonyl (C=O) groups is 2. The molecule has 0 spiro atoms. The minimum atomic E-state index is -0.509. The van der Waals surface area contributed by atoms with Crippen molar-refractivity contribution in [2.45, 2.75) is 45.4 Å². The molecule has 4 fully saturated rings. The second kappa shape index (κ2) is 4.20. The Morgan fingerprint density at radius 1 is 1.20 bits per heavy atom. The minimum absolute atomic E-state index is 0.118. The van der Waals surface area contributed by atoms with Gasteiger partial charge in [-0.2, -0.15) is 0 Å². The molecule has 110 valence electrons. The molecule has 0 aromatic heterocycles. The lowest BCUT2D eigenvalue weighted by atomic mass is 9.43. The van der Waals surface area contributed by atoms with Crippen LogP contribution in [0.15, 0.2) is 5.16 Å². The lowest BCUT2D eigenvalue weighted by Gasteiger charge is -2.60. The second-order valence-corrected chi connectivity index (χ2v) is 7.03. The summed E-state index contributed by atoms with van der Waals surface area (Å²) in [4.78, 5) is 24.5. The standard InChI is InChI=1S/C14H21N3O3/c1-8(17-20)16-12(19)14-5-9-2-10(6-14)4-13(3-9,7-14)11(15)18/h9-10,20H,2-7H2,1H3,(H2,15,18)(H,16,17,19). The van der Waals surface area contributed by atoms with Crippen molar-refractivity contribution >= 4 is 17.6 Å². The van der Waals surface area contributed by atoms with Crippen LogP contribution in [-0.4, -0.2) is 22.9 Å². The molecule has 20 heavy (non-hydrogen) atoms. The average Bonchev–Trinajstić information content (AvgIpc) is 2.36. The van der Waals surface area contributed by atoms with E-state index in [4.69, 9.17) is 10.9 Å². The number of hydrogen-bond acceptors (Lipinski definition) is 4. The van der Waals surface area contributed by atoms with E-state index < -0.39 is 10.8 Å². The Morgan fingerprint density at radius 3 is 2.25 bits per heavy atom. The Kier molecular flexibility index (Phi) is 2.81. The highest BCUT2D eigenvalue weighted by Crippen LogP contribution is 2.65. The van der Waals surface area contributed by atoms with E-state index in [1.807, 2.05) is 0 Å². The maximum absolute atomic E-state index is 12.6. The first-order valence-electron chi connectivity index (χ1n) is 7.19. The largest absolute Gasteiger partial charge is 0.409 e. The Hall–Kier alpha value is -1.59. The van der Waals surface area contributed by atoms with Crippen LogP contribution in [0.1, 0.15) is 45.4 Å². The Labute approximate surface area is 117 Å². The predicted octanol–water partition coefficient (Wildman–Crippen LogP) is 0.982. The van der Waals surface area contributed by atoms with Crippen LogP contribution >= 0.6 is 0 Å². The number of carbonyl (C=O) groups excluding carboxylic acids is 2. The molecule has 6 nitrogen and oxygen atoms in total. The number of amides is 2. The van der Waals surface area contributed by atoms with Gasteiger partial charge in [-0.1, -0.05) is 5.16 Å². The van der Waals surface area contributed by atoms with Crippen LogP contribution in [0.3, 0.4) is 0 Å². The third-order valence-corrected chi connectivity index (χ3v) is 5.51. The van der Waals surface area contributed by atoms with Crippen molar-refractivity contribution < 1.29 is 14.8 Å². The average molecular weight is 279 g/mol. The van der Waals surface area contributed by atoms with E-state index in [0.717, 1.165) is 32.1 Å². The number of rotatable bonds is 2. The van der Waals surface area contributed by atoms with Gasteiger partial charge in [-0.15, -0.1) is 0 Å². The molecule has 0 aromatic carbocycles. The molecule has 4 aliphatic carbocycles. The number of amidine groups is 1. The molecule has 4 N–H and O–H groups in total. The summed E-state index contributed by atoms with van der Waals surface area (Å²) in [5.41, 5.74) is 4.64. The van der Waals surface area contributed by atoms with E-state index >= 15 is 0 Å². The van der Waals surface area contributed by atoms with Crippen molar-refractivity contribution in [3.63, 3.8) is 0 Å². The van der Waals surface area contributed by atoms with Gasteiger partial charge in [0.05, 0.1) is 10.8 Å². The summed E-state index contributed by atoms with van der Waals surface area (Å²) < 4.78 is 0. The van der Waals surface area contributed by atoms with Crippen molar-refractivity contribution in [3.05, 3.63) is 0 Å². The zero-order chi connectivity index (χ0) is 14.5. The maximum atomic E-state index is 12.6. The van der Waals surface area contributed by atoms with Gasteiger partial charge < -0.3 is 16.3 Å². The molecule has 4 bridgehead atoms. The van der Waals surface area contributed by atoms with E-state index in [2.05, 4.69) is 10.5 Å². The molecular formula is C14H21N3O3. The molecular weight excluding hydrogens is 258 g/mol. The number of oxime groups is 1. The molecule has 0 aromatic rings. The summed E-state index contributed by atoms with van der Waals surface area (Å²) >= 11 is 0. The summed E-state index contributed by atoms with van der Waals surface area (Å²) in [5, 5.41) is 14.4. The first kappa shape index (κ1) is 13.4. The van der Waals surface area contributed by atoms with Crippen molar-refractivity contribution in [1.82, 2.24) is 5.32 Å². The number of nitrogens with zero attached hydrogens (tertiary/aromatic N) is 1. The predicted molar refractivity (Wildman–Crippen MR) is 71.8 cm³/mol. The maximum Gasteiger partial charge on any atom is 0.231 e. The summed E-state index contributed by atoms with van der Waals surface area (Å²) in [5.74, 6) is 0.657. The molecule has 0 heterocycles. The lowest BCUT2D eigenvalue weighted by molar-refractivity contribution is -0.164. The fourth-order valence-electron chi connectivity index (χ4n) is 5.14. The van der Waals surface area contributed by atoms with Crippen molar-refractivity contribution in [2.75, 3.05) is 0 Å². The molecule has 4 rings (SSSR count). The van der Waals surface area contributed by atoms with Crippen molar-refractivity contribution in [1.29, 1.82) is 0 Å². The van der Waals surface area contributed by atoms with Gasteiger partial charge in [0, 0.05) is 0 Å². The molecule has 0 saturated heterocycles. The van der Waals surface area contributed by atoms with Crippen LogP contribution in [0.2, 0.25) is 0 Å². The van der Waals surface area contributed by atoms with Crippen LogP contribution in [0.4, 0.5) is 0 Å². The lowest BCUT2D eigenvalue weighted by Crippen LogP contribution is -2.61. The molecule has 6 heteroatoms. The molecule has 2 unspecified atom stereocenters. The van der Waals surface area contributed by atoms with Crippen LogP contribution in [0.25, 0.3) is 0 Å². The summed E-state index contributed by atoms with van der Waals surface area (Å²) in [6.07, 6.45) is 4.97.